The molecule has 1 N–H and O–H groups in total. The van der Waals surface area contributed by atoms with Gasteiger partial charge in [0, 0.05) is 37.8 Å². The summed E-state index contributed by atoms with van der Waals surface area (Å²) in [6.45, 7) is 5.53. The van der Waals surface area contributed by atoms with Crippen molar-refractivity contribution in [1.82, 2.24) is 14.7 Å². The Morgan fingerprint density at radius 2 is 2.27 bits per heavy atom. The molecule has 1 aromatic rings. The van der Waals surface area contributed by atoms with E-state index in [2.05, 4.69) is 12.0 Å². The molecule has 0 aromatic carbocycles. The van der Waals surface area contributed by atoms with Gasteiger partial charge >= 0.3 is 0 Å². The van der Waals surface area contributed by atoms with Crippen LogP contribution in [0.5, 0.6) is 0 Å². The first-order valence-electron chi connectivity index (χ1n) is 8.42. The van der Waals surface area contributed by atoms with Crippen molar-refractivity contribution in [2.75, 3.05) is 13.1 Å². The van der Waals surface area contributed by atoms with Crippen LogP contribution in [0, 0.1) is 18.8 Å². The van der Waals surface area contributed by atoms with Crippen molar-refractivity contribution in [3.8, 4) is 0 Å². The third kappa shape index (κ3) is 2.67. The monoisotopic (exact) mass is 305 g/mol. The maximum absolute atomic E-state index is 12.6. The van der Waals surface area contributed by atoms with Crippen molar-refractivity contribution in [3.05, 3.63) is 17.5 Å². The average molecular weight is 305 g/mol. The molecule has 1 amide bonds. The van der Waals surface area contributed by atoms with Gasteiger partial charge in [0.2, 0.25) is 5.91 Å². The predicted molar refractivity (Wildman–Crippen MR) is 84.3 cm³/mol. The topological polar surface area (TPSA) is 58.4 Å². The van der Waals surface area contributed by atoms with Gasteiger partial charge in [-0.15, -0.1) is 0 Å². The Kier molecular flexibility index (Phi) is 4.02. The van der Waals surface area contributed by atoms with E-state index in [-0.39, 0.29) is 11.8 Å². The second-order valence-electron chi connectivity index (χ2n) is 7.10. The van der Waals surface area contributed by atoms with E-state index >= 15 is 0 Å². The minimum atomic E-state index is -0.567. The van der Waals surface area contributed by atoms with E-state index < -0.39 is 5.60 Å². The summed E-state index contributed by atoms with van der Waals surface area (Å²) < 4.78 is 1.76. The summed E-state index contributed by atoms with van der Waals surface area (Å²) in [6, 6.07) is 0. The Morgan fingerprint density at radius 3 is 2.91 bits per heavy atom. The van der Waals surface area contributed by atoms with E-state index in [1.54, 1.807) is 4.68 Å². The molecule has 1 saturated heterocycles. The zero-order chi connectivity index (χ0) is 15.9. The highest BCUT2D eigenvalue weighted by Gasteiger charge is 2.48. The highest BCUT2D eigenvalue weighted by Crippen LogP contribution is 2.44. The molecule has 0 unspecified atom stereocenters. The molecule has 2 aliphatic rings. The Balaban J connectivity index is 1.69. The second kappa shape index (κ2) is 5.69. The smallest absolute Gasteiger partial charge is 0.227 e. The number of carbonyl (C=O) groups is 1. The number of hydrogen-bond donors (Lipinski definition) is 1. The molecule has 1 aliphatic heterocycles. The Bertz CT molecular complexity index is 568. The zero-order valence-corrected chi connectivity index (χ0v) is 13.9. The Labute approximate surface area is 132 Å². The van der Waals surface area contributed by atoms with Gasteiger partial charge in [0.1, 0.15) is 0 Å². The minimum absolute atomic E-state index is 0.170. The van der Waals surface area contributed by atoms with E-state index in [0.29, 0.717) is 18.9 Å². The molecule has 2 fully saturated rings. The standard InChI is InChI=1S/C17H27N3O2/c1-4-17(22)7-5-6-13-10-20(11-15(13)17)16(21)8-14-9-19(3)18-12(14)2/h9,13,15,22H,4-8,10-11H2,1-3H3/t13-,15+,17-/m0/s1. The summed E-state index contributed by atoms with van der Waals surface area (Å²) in [5, 5.41) is 15.1. The van der Waals surface area contributed by atoms with Gasteiger partial charge < -0.3 is 10.0 Å². The third-order valence-electron chi connectivity index (χ3n) is 5.74. The van der Waals surface area contributed by atoms with Crippen molar-refractivity contribution < 1.29 is 9.90 Å². The summed E-state index contributed by atoms with van der Waals surface area (Å²) in [5.74, 6) is 0.895. The number of aliphatic hydroxyl groups is 1. The van der Waals surface area contributed by atoms with Gasteiger partial charge in [-0.05, 0) is 32.1 Å². The summed E-state index contributed by atoms with van der Waals surface area (Å²) >= 11 is 0. The van der Waals surface area contributed by atoms with Crippen molar-refractivity contribution in [1.29, 1.82) is 0 Å². The van der Waals surface area contributed by atoms with Crippen LogP contribution in [0.15, 0.2) is 6.20 Å². The number of hydrogen-bond acceptors (Lipinski definition) is 3. The molecule has 3 atom stereocenters. The van der Waals surface area contributed by atoms with E-state index in [0.717, 1.165) is 43.5 Å². The molecular formula is C17H27N3O2. The van der Waals surface area contributed by atoms with Gasteiger partial charge in [0.25, 0.3) is 0 Å². The number of carbonyl (C=O) groups excluding carboxylic acids is 1. The first-order valence-corrected chi connectivity index (χ1v) is 8.42. The number of nitrogens with zero attached hydrogens (tertiary/aromatic N) is 3. The fourth-order valence-corrected chi connectivity index (χ4v) is 4.37. The number of rotatable bonds is 3. The summed E-state index contributed by atoms with van der Waals surface area (Å²) in [6.07, 6.45) is 6.24. The zero-order valence-electron chi connectivity index (χ0n) is 13.9. The van der Waals surface area contributed by atoms with Gasteiger partial charge in [-0.1, -0.05) is 13.3 Å². The molecule has 5 heteroatoms. The quantitative estimate of drug-likeness (QED) is 0.924. The van der Waals surface area contributed by atoms with Crippen molar-refractivity contribution >= 4 is 5.91 Å². The molecule has 1 saturated carbocycles. The van der Waals surface area contributed by atoms with Crippen LogP contribution in [-0.2, 0) is 18.3 Å². The fourth-order valence-electron chi connectivity index (χ4n) is 4.37. The van der Waals surface area contributed by atoms with E-state index in [1.165, 1.54) is 0 Å². The SMILES string of the molecule is CC[C@]1(O)CCC[C@H]2CN(C(=O)Cc3cn(C)nc3C)C[C@H]21. The first-order chi connectivity index (χ1) is 10.4. The largest absolute Gasteiger partial charge is 0.390 e. The lowest BCUT2D eigenvalue weighted by Crippen LogP contribution is -2.44. The summed E-state index contributed by atoms with van der Waals surface area (Å²) in [5.41, 5.74) is 1.37. The lowest BCUT2D eigenvalue weighted by molar-refractivity contribution is -0.130. The molecule has 0 radical (unpaired) electrons. The summed E-state index contributed by atoms with van der Waals surface area (Å²) in [7, 11) is 1.88. The van der Waals surface area contributed by atoms with Gasteiger partial charge in [-0.25, -0.2) is 0 Å². The van der Waals surface area contributed by atoms with Crippen LogP contribution >= 0.6 is 0 Å². The highest BCUT2D eigenvalue weighted by molar-refractivity contribution is 5.79. The van der Waals surface area contributed by atoms with E-state index in [4.69, 9.17) is 0 Å². The molecule has 22 heavy (non-hydrogen) atoms. The van der Waals surface area contributed by atoms with Crippen LogP contribution in [-0.4, -0.2) is 44.4 Å². The minimum Gasteiger partial charge on any atom is -0.390 e. The predicted octanol–water partition coefficient (Wildman–Crippen LogP) is 1.67. The number of amides is 1. The van der Waals surface area contributed by atoms with Gasteiger partial charge in [-0.2, -0.15) is 5.10 Å². The Hall–Kier alpha value is -1.36. The number of likely N-dealkylation sites (tertiary alicyclic amines) is 1. The van der Waals surface area contributed by atoms with Crippen molar-refractivity contribution in [2.24, 2.45) is 18.9 Å². The number of fused-ring (bicyclic) bond motifs is 1. The first kappa shape index (κ1) is 15.5. The van der Waals surface area contributed by atoms with Crippen LogP contribution in [0.3, 0.4) is 0 Å². The highest BCUT2D eigenvalue weighted by atomic mass is 16.3. The molecule has 122 valence electrons. The lowest BCUT2D eigenvalue weighted by Gasteiger charge is -2.40. The molecule has 1 aromatic heterocycles. The maximum Gasteiger partial charge on any atom is 0.227 e. The Morgan fingerprint density at radius 1 is 1.50 bits per heavy atom. The molecule has 2 heterocycles. The van der Waals surface area contributed by atoms with Crippen LogP contribution in [0.1, 0.15) is 43.9 Å². The lowest BCUT2D eigenvalue weighted by atomic mass is 9.69. The molecule has 0 bridgehead atoms. The average Bonchev–Trinajstić information content (AvgIpc) is 3.04. The van der Waals surface area contributed by atoms with Crippen LogP contribution in [0.4, 0.5) is 0 Å². The fraction of sp³-hybridized carbons (Fsp3) is 0.765. The molecular weight excluding hydrogens is 278 g/mol. The van der Waals surface area contributed by atoms with Crippen LogP contribution in [0.25, 0.3) is 0 Å². The summed E-state index contributed by atoms with van der Waals surface area (Å²) in [4.78, 5) is 14.6. The van der Waals surface area contributed by atoms with Crippen LogP contribution < -0.4 is 0 Å². The normalized spacial score (nSPS) is 31.4. The van der Waals surface area contributed by atoms with Gasteiger partial charge in [-0.3, -0.25) is 9.48 Å². The number of aryl methyl sites for hydroxylation is 2. The maximum atomic E-state index is 12.6. The molecule has 1 aliphatic carbocycles. The molecule has 5 nitrogen and oxygen atoms in total. The van der Waals surface area contributed by atoms with Crippen molar-refractivity contribution in [2.45, 2.75) is 51.6 Å². The van der Waals surface area contributed by atoms with E-state index in [1.807, 2.05) is 25.1 Å². The second-order valence-corrected chi connectivity index (χ2v) is 7.10. The van der Waals surface area contributed by atoms with Gasteiger partial charge in [0.15, 0.2) is 0 Å². The van der Waals surface area contributed by atoms with Crippen molar-refractivity contribution in [3.63, 3.8) is 0 Å². The molecule has 3 rings (SSSR count). The van der Waals surface area contributed by atoms with Crippen LogP contribution in [0.2, 0.25) is 0 Å². The number of aromatic nitrogens is 2. The van der Waals surface area contributed by atoms with Gasteiger partial charge in [0.05, 0.1) is 17.7 Å². The molecule has 0 spiro atoms. The third-order valence-corrected chi connectivity index (χ3v) is 5.74. The van der Waals surface area contributed by atoms with E-state index in [9.17, 15) is 9.90 Å².